The van der Waals surface area contributed by atoms with Crippen LogP contribution < -0.4 is 5.32 Å². The average Bonchev–Trinajstić information content (AvgIpc) is 3.16. The molecule has 0 saturated carbocycles. The number of amides is 1. The molecule has 0 unspecified atom stereocenters. The second-order valence-electron chi connectivity index (χ2n) is 5.47. The van der Waals surface area contributed by atoms with E-state index in [1.807, 2.05) is 30.1 Å². The van der Waals surface area contributed by atoms with E-state index in [1.165, 1.54) is 6.39 Å². The minimum Gasteiger partial charge on any atom is -0.443 e. The number of likely N-dealkylation sites (tertiary alicyclic amines) is 1. The molecule has 2 heterocycles. The fourth-order valence-corrected chi connectivity index (χ4v) is 3.08. The molecular weight excluding hydrogens is 302 g/mol. The van der Waals surface area contributed by atoms with Crippen LogP contribution in [0.1, 0.15) is 16.9 Å². The van der Waals surface area contributed by atoms with Crippen molar-refractivity contribution in [3.05, 3.63) is 41.4 Å². The van der Waals surface area contributed by atoms with Crippen LogP contribution in [0.3, 0.4) is 0 Å². The highest BCUT2D eigenvalue weighted by molar-refractivity contribution is 6.33. The third-order valence-electron chi connectivity index (χ3n) is 3.95. The van der Waals surface area contributed by atoms with Crippen molar-refractivity contribution in [3.8, 4) is 11.3 Å². The van der Waals surface area contributed by atoms with Crippen LogP contribution in [0, 0.1) is 5.92 Å². The number of oxazole rings is 1. The van der Waals surface area contributed by atoms with Gasteiger partial charge in [0.15, 0.2) is 17.8 Å². The molecule has 1 amide bonds. The fraction of sp³-hybridized carbons (Fsp3) is 0.375. The van der Waals surface area contributed by atoms with Crippen LogP contribution in [0.25, 0.3) is 11.3 Å². The maximum atomic E-state index is 12.7. The lowest BCUT2D eigenvalue weighted by Crippen LogP contribution is -2.30. The van der Waals surface area contributed by atoms with Gasteiger partial charge in [-0.05, 0) is 38.1 Å². The van der Waals surface area contributed by atoms with Gasteiger partial charge in [-0.1, -0.05) is 23.7 Å². The molecular formula is C16H18ClN3O2. The van der Waals surface area contributed by atoms with E-state index in [1.54, 1.807) is 6.07 Å². The first-order chi connectivity index (χ1) is 10.7. The smallest absolute Gasteiger partial charge is 0.276 e. The highest BCUT2D eigenvalue weighted by atomic mass is 35.5. The summed E-state index contributed by atoms with van der Waals surface area (Å²) >= 11 is 6.20. The predicted molar refractivity (Wildman–Crippen MR) is 84.9 cm³/mol. The maximum absolute atomic E-state index is 12.7. The Balaban J connectivity index is 1.84. The number of carbonyl (C=O) groups excluding carboxylic acids is 1. The van der Waals surface area contributed by atoms with Crippen molar-refractivity contribution in [2.24, 2.45) is 5.92 Å². The van der Waals surface area contributed by atoms with Crippen molar-refractivity contribution in [1.82, 2.24) is 15.2 Å². The Morgan fingerprint density at radius 3 is 3.09 bits per heavy atom. The normalized spacial score (nSPS) is 17.9. The van der Waals surface area contributed by atoms with Gasteiger partial charge in [-0.15, -0.1) is 0 Å². The van der Waals surface area contributed by atoms with Gasteiger partial charge in [-0.25, -0.2) is 4.98 Å². The molecule has 0 bridgehead atoms. The Morgan fingerprint density at radius 1 is 1.50 bits per heavy atom. The van der Waals surface area contributed by atoms with Crippen LogP contribution in [0.4, 0.5) is 0 Å². The summed E-state index contributed by atoms with van der Waals surface area (Å²) < 4.78 is 5.43. The fourth-order valence-electron chi connectivity index (χ4n) is 2.86. The zero-order valence-electron chi connectivity index (χ0n) is 12.4. The Hall–Kier alpha value is -1.85. The largest absolute Gasteiger partial charge is 0.443 e. The number of aromatic nitrogens is 1. The lowest BCUT2D eigenvalue weighted by atomic mass is 10.1. The summed E-state index contributed by atoms with van der Waals surface area (Å²) in [6, 6.07) is 7.29. The molecule has 0 radical (unpaired) electrons. The van der Waals surface area contributed by atoms with Gasteiger partial charge in [0.05, 0.1) is 5.02 Å². The number of carbonyl (C=O) groups is 1. The van der Waals surface area contributed by atoms with Crippen molar-refractivity contribution in [2.75, 3.05) is 26.7 Å². The number of halogens is 1. The number of nitrogens with zero attached hydrogens (tertiary/aromatic N) is 2. The molecule has 22 heavy (non-hydrogen) atoms. The lowest BCUT2D eigenvalue weighted by Gasteiger charge is -2.15. The van der Waals surface area contributed by atoms with Crippen LogP contribution in [0.5, 0.6) is 0 Å². The van der Waals surface area contributed by atoms with Crippen molar-refractivity contribution >= 4 is 17.5 Å². The number of hydrogen-bond acceptors (Lipinski definition) is 4. The van der Waals surface area contributed by atoms with E-state index in [2.05, 4.69) is 10.3 Å². The van der Waals surface area contributed by atoms with Gasteiger partial charge in [0.2, 0.25) is 0 Å². The second kappa shape index (κ2) is 6.50. The molecule has 1 aromatic heterocycles. The molecule has 1 aromatic carbocycles. The summed E-state index contributed by atoms with van der Waals surface area (Å²) in [4.78, 5) is 18.7. The highest BCUT2D eigenvalue weighted by Crippen LogP contribution is 2.31. The van der Waals surface area contributed by atoms with Crippen LogP contribution in [0.2, 0.25) is 5.02 Å². The van der Waals surface area contributed by atoms with Crippen LogP contribution in [-0.2, 0) is 0 Å². The van der Waals surface area contributed by atoms with Crippen molar-refractivity contribution in [2.45, 2.75) is 6.42 Å². The van der Waals surface area contributed by atoms with E-state index in [9.17, 15) is 4.79 Å². The second-order valence-corrected chi connectivity index (χ2v) is 5.88. The van der Waals surface area contributed by atoms with E-state index in [4.69, 9.17) is 16.0 Å². The first kappa shape index (κ1) is 15.1. The number of nitrogens with one attached hydrogen (secondary N) is 1. The van der Waals surface area contributed by atoms with Gasteiger partial charge in [0.1, 0.15) is 0 Å². The molecule has 3 rings (SSSR count). The monoisotopic (exact) mass is 319 g/mol. The van der Waals surface area contributed by atoms with E-state index in [-0.39, 0.29) is 5.91 Å². The summed E-state index contributed by atoms with van der Waals surface area (Å²) in [6.07, 6.45) is 2.30. The molecule has 1 N–H and O–H groups in total. The van der Waals surface area contributed by atoms with Crippen LogP contribution in [0.15, 0.2) is 35.1 Å². The first-order valence-electron chi connectivity index (χ1n) is 7.33. The molecule has 116 valence electrons. The zero-order valence-corrected chi connectivity index (χ0v) is 13.1. The van der Waals surface area contributed by atoms with Gasteiger partial charge in [0, 0.05) is 18.7 Å². The molecule has 5 nitrogen and oxygen atoms in total. The molecule has 0 aliphatic carbocycles. The quantitative estimate of drug-likeness (QED) is 0.941. The summed E-state index contributed by atoms with van der Waals surface area (Å²) in [7, 11) is 1.93. The van der Waals surface area contributed by atoms with E-state index < -0.39 is 0 Å². The molecule has 2 aromatic rings. The van der Waals surface area contributed by atoms with Crippen molar-refractivity contribution < 1.29 is 9.21 Å². The standard InChI is InChI=1S/C16H18ClN3O2/c1-18-8-11-6-7-20(9-11)16(21)14-15(22-10-19-14)12-4-2-3-5-13(12)17/h2-5,10-11,18H,6-9H2,1H3/t11-/m1/s1. The molecule has 6 heteroatoms. The zero-order chi connectivity index (χ0) is 15.5. The predicted octanol–water partition coefficient (Wildman–Crippen LogP) is 2.68. The Bertz CT molecular complexity index is 671. The molecule has 0 spiro atoms. The molecule has 1 fully saturated rings. The van der Waals surface area contributed by atoms with E-state index in [0.29, 0.717) is 28.0 Å². The summed E-state index contributed by atoms with van der Waals surface area (Å²) in [6.45, 7) is 2.41. The van der Waals surface area contributed by atoms with Crippen molar-refractivity contribution in [3.63, 3.8) is 0 Å². The SMILES string of the molecule is CNC[C@H]1CCN(C(=O)c2ncoc2-c2ccccc2Cl)C1. The minimum absolute atomic E-state index is 0.0951. The van der Waals surface area contributed by atoms with Gasteiger partial charge >= 0.3 is 0 Å². The minimum atomic E-state index is -0.0951. The van der Waals surface area contributed by atoms with Crippen molar-refractivity contribution in [1.29, 1.82) is 0 Å². The van der Waals surface area contributed by atoms with Gasteiger partial charge < -0.3 is 14.6 Å². The third kappa shape index (κ3) is 2.87. The topological polar surface area (TPSA) is 58.4 Å². The molecule has 1 aliphatic rings. The third-order valence-corrected chi connectivity index (χ3v) is 4.28. The summed E-state index contributed by atoms with van der Waals surface area (Å²) in [5.74, 6) is 0.833. The van der Waals surface area contributed by atoms with E-state index in [0.717, 1.165) is 26.1 Å². The van der Waals surface area contributed by atoms with Crippen LogP contribution >= 0.6 is 11.6 Å². The average molecular weight is 320 g/mol. The number of hydrogen-bond donors (Lipinski definition) is 1. The number of rotatable bonds is 4. The van der Waals surface area contributed by atoms with Gasteiger partial charge in [-0.3, -0.25) is 4.79 Å². The summed E-state index contributed by atoms with van der Waals surface area (Å²) in [5, 5.41) is 3.70. The highest BCUT2D eigenvalue weighted by Gasteiger charge is 2.30. The molecule has 1 aliphatic heterocycles. The Morgan fingerprint density at radius 2 is 2.32 bits per heavy atom. The van der Waals surface area contributed by atoms with Gasteiger partial charge in [0.25, 0.3) is 5.91 Å². The number of benzene rings is 1. The Kier molecular flexibility index (Phi) is 4.45. The van der Waals surface area contributed by atoms with Crippen LogP contribution in [-0.4, -0.2) is 42.5 Å². The summed E-state index contributed by atoms with van der Waals surface area (Å²) in [5.41, 5.74) is 1.02. The molecule has 1 saturated heterocycles. The maximum Gasteiger partial charge on any atom is 0.276 e. The first-order valence-corrected chi connectivity index (χ1v) is 7.70. The van der Waals surface area contributed by atoms with E-state index >= 15 is 0 Å². The molecule has 1 atom stereocenters. The Labute approximate surface area is 134 Å². The van der Waals surface area contributed by atoms with Gasteiger partial charge in [-0.2, -0.15) is 0 Å². The lowest BCUT2D eigenvalue weighted by molar-refractivity contribution is 0.0782.